The van der Waals surface area contributed by atoms with Crippen molar-refractivity contribution in [1.82, 2.24) is 5.32 Å². The number of carbonyl (C=O) groups is 1. The van der Waals surface area contributed by atoms with Gasteiger partial charge in [-0.1, -0.05) is 37.3 Å². The number of benzene rings is 2. The fourth-order valence-electron chi connectivity index (χ4n) is 5.96. The molecule has 0 saturated heterocycles. The van der Waals surface area contributed by atoms with Crippen molar-refractivity contribution in [3.63, 3.8) is 0 Å². The Bertz CT molecular complexity index is 847. The molecule has 0 unspecified atom stereocenters. The van der Waals surface area contributed by atoms with Crippen molar-refractivity contribution < 1.29 is 4.79 Å². The van der Waals surface area contributed by atoms with E-state index >= 15 is 0 Å². The Hall–Kier alpha value is -2.29. The van der Waals surface area contributed by atoms with Crippen LogP contribution in [0.25, 0.3) is 0 Å². The second-order valence-electron chi connectivity index (χ2n) is 8.53. The lowest BCUT2D eigenvalue weighted by molar-refractivity contribution is 0.0953. The van der Waals surface area contributed by atoms with E-state index < -0.39 is 0 Å². The maximum absolute atomic E-state index is 12.5. The Balaban J connectivity index is 1.53. The molecule has 140 valence electrons. The lowest BCUT2D eigenvalue weighted by Crippen LogP contribution is -2.35. The van der Waals surface area contributed by atoms with Gasteiger partial charge in [-0.3, -0.25) is 4.79 Å². The first-order valence-electron chi connectivity index (χ1n) is 10.5. The highest BCUT2D eigenvalue weighted by Gasteiger charge is 2.53. The van der Waals surface area contributed by atoms with E-state index in [2.05, 4.69) is 60.0 Å². The molecule has 1 heterocycles. The molecule has 0 spiro atoms. The van der Waals surface area contributed by atoms with Crippen molar-refractivity contribution in [2.75, 3.05) is 11.9 Å². The highest BCUT2D eigenvalue weighted by Crippen LogP contribution is 2.63. The van der Waals surface area contributed by atoms with Crippen LogP contribution in [0.4, 0.5) is 5.69 Å². The van der Waals surface area contributed by atoms with Crippen LogP contribution < -0.4 is 10.6 Å². The monoisotopic (exact) mass is 360 g/mol. The van der Waals surface area contributed by atoms with Crippen molar-refractivity contribution in [3.05, 3.63) is 65.2 Å². The minimum atomic E-state index is 0.0598. The minimum absolute atomic E-state index is 0.0598. The summed E-state index contributed by atoms with van der Waals surface area (Å²) in [4.78, 5) is 12.5. The van der Waals surface area contributed by atoms with Crippen LogP contribution in [0.3, 0.4) is 0 Å². The summed E-state index contributed by atoms with van der Waals surface area (Å²) in [5.41, 5.74) is 4.81. The molecule has 27 heavy (non-hydrogen) atoms. The highest BCUT2D eigenvalue weighted by molar-refractivity contribution is 5.95. The van der Waals surface area contributed by atoms with Crippen LogP contribution >= 0.6 is 0 Å². The molecule has 1 aliphatic heterocycles. The van der Waals surface area contributed by atoms with Gasteiger partial charge in [0.2, 0.25) is 0 Å². The predicted molar refractivity (Wildman–Crippen MR) is 109 cm³/mol. The average Bonchev–Trinajstić information content (AvgIpc) is 3.34. The Kier molecular flexibility index (Phi) is 4.18. The molecule has 5 rings (SSSR count). The number of nitrogens with one attached hydrogen (secondary N) is 2. The van der Waals surface area contributed by atoms with E-state index in [9.17, 15) is 4.79 Å². The summed E-state index contributed by atoms with van der Waals surface area (Å²) in [7, 11) is 0. The van der Waals surface area contributed by atoms with Crippen LogP contribution in [0, 0.1) is 17.8 Å². The molecule has 2 fully saturated rings. The number of anilines is 1. The van der Waals surface area contributed by atoms with Crippen LogP contribution in [0.5, 0.6) is 0 Å². The van der Waals surface area contributed by atoms with E-state index in [4.69, 9.17) is 0 Å². The van der Waals surface area contributed by atoms with Gasteiger partial charge in [0.15, 0.2) is 0 Å². The normalized spacial score (nSPS) is 30.3. The highest BCUT2D eigenvalue weighted by atomic mass is 16.1. The second-order valence-corrected chi connectivity index (χ2v) is 8.53. The second kappa shape index (κ2) is 6.70. The van der Waals surface area contributed by atoms with Gasteiger partial charge in [-0.05, 0) is 78.7 Å². The third kappa shape index (κ3) is 2.75. The van der Waals surface area contributed by atoms with Crippen molar-refractivity contribution in [1.29, 1.82) is 0 Å². The SMILES string of the molecule is CCCNC(=O)c1ccc2c(c1)[C@@H]1[C@@H]3CC[C@H](C3)[C@@H]1[C@H](c1ccccc1)N2. The summed E-state index contributed by atoms with van der Waals surface area (Å²) in [5, 5.41) is 6.87. The van der Waals surface area contributed by atoms with Gasteiger partial charge in [-0.25, -0.2) is 0 Å². The molecule has 2 bridgehead atoms. The Morgan fingerprint density at radius 1 is 1.11 bits per heavy atom. The van der Waals surface area contributed by atoms with Crippen molar-refractivity contribution in [2.45, 2.75) is 44.6 Å². The molecule has 2 N–H and O–H groups in total. The van der Waals surface area contributed by atoms with E-state index in [1.807, 2.05) is 6.07 Å². The maximum Gasteiger partial charge on any atom is 0.251 e. The van der Waals surface area contributed by atoms with Crippen LogP contribution in [0.15, 0.2) is 48.5 Å². The van der Waals surface area contributed by atoms with Crippen molar-refractivity contribution in [3.8, 4) is 0 Å². The molecule has 3 nitrogen and oxygen atoms in total. The van der Waals surface area contributed by atoms with Crippen LogP contribution in [-0.2, 0) is 0 Å². The molecule has 2 aliphatic carbocycles. The third-order valence-electron chi connectivity index (χ3n) is 7.04. The molecular weight excluding hydrogens is 332 g/mol. The van der Waals surface area contributed by atoms with E-state index in [1.165, 1.54) is 36.1 Å². The van der Waals surface area contributed by atoms with Gasteiger partial charge in [0.05, 0.1) is 6.04 Å². The van der Waals surface area contributed by atoms with Crippen molar-refractivity contribution in [2.24, 2.45) is 17.8 Å². The van der Waals surface area contributed by atoms with Gasteiger partial charge in [-0.2, -0.15) is 0 Å². The van der Waals surface area contributed by atoms with Gasteiger partial charge in [0.1, 0.15) is 0 Å². The summed E-state index contributed by atoms with van der Waals surface area (Å²) in [5.74, 6) is 2.88. The number of rotatable bonds is 4. The van der Waals surface area contributed by atoms with Gasteiger partial charge >= 0.3 is 0 Å². The van der Waals surface area contributed by atoms with E-state index in [1.54, 1.807) is 0 Å². The number of fused-ring (bicyclic) bond motifs is 7. The minimum Gasteiger partial charge on any atom is -0.378 e. The average molecular weight is 361 g/mol. The number of hydrogen-bond donors (Lipinski definition) is 2. The van der Waals surface area contributed by atoms with Gasteiger partial charge in [0.25, 0.3) is 5.91 Å². The summed E-state index contributed by atoms with van der Waals surface area (Å²) in [6, 6.07) is 17.6. The Morgan fingerprint density at radius 3 is 2.74 bits per heavy atom. The Morgan fingerprint density at radius 2 is 1.93 bits per heavy atom. The molecule has 0 radical (unpaired) electrons. The number of amides is 1. The molecule has 2 aromatic carbocycles. The summed E-state index contributed by atoms with van der Waals surface area (Å²) in [6.45, 7) is 2.82. The third-order valence-corrected chi connectivity index (χ3v) is 7.04. The molecule has 2 saturated carbocycles. The molecule has 0 aromatic heterocycles. The lowest BCUT2D eigenvalue weighted by Gasteiger charge is -2.43. The molecule has 2 aromatic rings. The van der Waals surface area contributed by atoms with E-state index in [-0.39, 0.29) is 5.91 Å². The topological polar surface area (TPSA) is 41.1 Å². The van der Waals surface area contributed by atoms with Gasteiger partial charge in [-0.15, -0.1) is 0 Å². The first-order valence-corrected chi connectivity index (χ1v) is 10.5. The summed E-state index contributed by atoms with van der Waals surface area (Å²) in [6.07, 6.45) is 5.03. The van der Waals surface area contributed by atoms with Crippen molar-refractivity contribution >= 4 is 11.6 Å². The van der Waals surface area contributed by atoms with Crippen LogP contribution in [-0.4, -0.2) is 12.5 Å². The molecule has 3 heteroatoms. The lowest BCUT2D eigenvalue weighted by atomic mass is 9.68. The number of hydrogen-bond acceptors (Lipinski definition) is 2. The predicted octanol–water partition coefficient (Wildman–Crippen LogP) is 5.12. The molecule has 1 amide bonds. The first kappa shape index (κ1) is 16.9. The zero-order chi connectivity index (χ0) is 18.4. The molecular formula is C24H28N2O. The fraction of sp³-hybridized carbons (Fsp3) is 0.458. The largest absolute Gasteiger partial charge is 0.378 e. The maximum atomic E-state index is 12.5. The quantitative estimate of drug-likeness (QED) is 0.794. The van der Waals surface area contributed by atoms with E-state index in [0.717, 1.165) is 30.4 Å². The number of carbonyl (C=O) groups excluding carboxylic acids is 1. The zero-order valence-corrected chi connectivity index (χ0v) is 15.9. The zero-order valence-electron chi connectivity index (χ0n) is 15.9. The van der Waals surface area contributed by atoms with E-state index in [0.29, 0.717) is 17.9 Å². The smallest absolute Gasteiger partial charge is 0.251 e. The van der Waals surface area contributed by atoms with Gasteiger partial charge in [0, 0.05) is 17.8 Å². The van der Waals surface area contributed by atoms with Gasteiger partial charge < -0.3 is 10.6 Å². The Labute approximate surface area is 161 Å². The first-order chi connectivity index (χ1) is 13.3. The standard InChI is InChI=1S/C24H28N2O/c1-2-12-25-24(27)18-10-11-20-19(14-18)21-16-8-9-17(13-16)22(21)23(26-20)15-6-4-3-5-7-15/h3-7,10-11,14,16-17,21-23,26H,2,8-9,12-13H2,1H3,(H,25,27)/t16-,17-,21+,22+,23+/m1/s1. The van der Waals surface area contributed by atoms with Crippen LogP contribution in [0.2, 0.25) is 0 Å². The molecule has 3 aliphatic rings. The fourth-order valence-corrected chi connectivity index (χ4v) is 5.96. The van der Waals surface area contributed by atoms with Crippen LogP contribution in [0.1, 0.15) is 66.1 Å². The molecule has 5 atom stereocenters. The summed E-state index contributed by atoms with van der Waals surface area (Å²) < 4.78 is 0. The summed E-state index contributed by atoms with van der Waals surface area (Å²) >= 11 is 0.